The Kier molecular flexibility index (Phi) is 5.41. The van der Waals surface area contributed by atoms with Crippen LogP contribution in [0, 0.1) is 11.6 Å². The van der Waals surface area contributed by atoms with Gasteiger partial charge in [0.2, 0.25) is 5.91 Å². The third-order valence-corrected chi connectivity index (χ3v) is 4.97. The van der Waals surface area contributed by atoms with E-state index in [4.69, 9.17) is 4.74 Å². The van der Waals surface area contributed by atoms with E-state index in [-0.39, 0.29) is 17.3 Å². The van der Waals surface area contributed by atoms with Gasteiger partial charge in [0.15, 0.2) is 0 Å². The van der Waals surface area contributed by atoms with Crippen molar-refractivity contribution in [1.29, 1.82) is 0 Å². The molecule has 1 N–H and O–H groups in total. The van der Waals surface area contributed by atoms with E-state index in [9.17, 15) is 18.4 Å². The number of amides is 2. The van der Waals surface area contributed by atoms with Gasteiger partial charge in [-0.2, -0.15) is 0 Å². The molecule has 2 amide bonds. The number of carbonyl (C=O) groups excluding carboxylic acids is 2. The van der Waals surface area contributed by atoms with Gasteiger partial charge in [0.05, 0.1) is 18.6 Å². The van der Waals surface area contributed by atoms with Gasteiger partial charge in [0, 0.05) is 11.4 Å². The van der Waals surface area contributed by atoms with Crippen molar-refractivity contribution < 1.29 is 23.1 Å². The monoisotopic (exact) mass is 378 g/mol. The fourth-order valence-corrected chi connectivity index (χ4v) is 3.73. The van der Waals surface area contributed by atoms with Crippen molar-refractivity contribution in [1.82, 2.24) is 4.90 Å². The number of halogens is 2. The molecule has 2 aromatic rings. The van der Waals surface area contributed by atoms with Crippen LogP contribution < -0.4 is 10.1 Å². The second-order valence-corrected chi connectivity index (χ2v) is 6.63. The molecule has 136 valence electrons. The summed E-state index contributed by atoms with van der Waals surface area (Å²) in [6.45, 7) is 0. The van der Waals surface area contributed by atoms with Crippen LogP contribution in [0.25, 0.3) is 0 Å². The minimum Gasteiger partial charge on any atom is -0.497 e. The SMILES string of the molecule is COc1ccc(NC(=O)C2CSCN2C(=O)c2cc(F)ccc2F)cc1. The lowest BCUT2D eigenvalue weighted by Gasteiger charge is -2.23. The van der Waals surface area contributed by atoms with Crippen LogP contribution in [0.5, 0.6) is 5.75 Å². The van der Waals surface area contributed by atoms with Crippen molar-refractivity contribution >= 4 is 29.3 Å². The number of carbonyl (C=O) groups is 2. The second-order valence-electron chi connectivity index (χ2n) is 5.63. The first kappa shape index (κ1) is 18.2. The van der Waals surface area contributed by atoms with Gasteiger partial charge in [-0.05, 0) is 42.5 Å². The highest BCUT2D eigenvalue weighted by Gasteiger charge is 2.36. The van der Waals surface area contributed by atoms with E-state index < -0.39 is 23.6 Å². The molecule has 0 aromatic heterocycles. The number of rotatable bonds is 4. The molecule has 1 heterocycles. The fraction of sp³-hybridized carbons (Fsp3) is 0.222. The van der Waals surface area contributed by atoms with Crippen LogP contribution in [-0.2, 0) is 4.79 Å². The summed E-state index contributed by atoms with van der Waals surface area (Å²) in [6, 6.07) is 8.68. The number of nitrogens with one attached hydrogen (secondary N) is 1. The number of ether oxygens (including phenoxy) is 1. The number of benzene rings is 2. The van der Waals surface area contributed by atoms with Crippen molar-refractivity contribution in [2.24, 2.45) is 0 Å². The summed E-state index contributed by atoms with van der Waals surface area (Å²) in [6.07, 6.45) is 0. The smallest absolute Gasteiger partial charge is 0.258 e. The van der Waals surface area contributed by atoms with E-state index in [1.165, 1.54) is 16.7 Å². The average Bonchev–Trinajstić information content (AvgIpc) is 3.13. The normalized spacial score (nSPS) is 16.4. The first-order valence-corrected chi connectivity index (χ1v) is 8.93. The highest BCUT2D eigenvalue weighted by Crippen LogP contribution is 2.26. The molecule has 1 fully saturated rings. The van der Waals surface area contributed by atoms with Gasteiger partial charge in [-0.25, -0.2) is 8.78 Å². The Morgan fingerprint density at radius 3 is 2.62 bits per heavy atom. The van der Waals surface area contributed by atoms with E-state index in [1.807, 2.05) is 0 Å². The van der Waals surface area contributed by atoms with Crippen LogP contribution in [0.3, 0.4) is 0 Å². The van der Waals surface area contributed by atoms with Crippen molar-refractivity contribution in [2.75, 3.05) is 24.1 Å². The van der Waals surface area contributed by atoms with Crippen molar-refractivity contribution in [3.63, 3.8) is 0 Å². The first-order chi connectivity index (χ1) is 12.5. The summed E-state index contributed by atoms with van der Waals surface area (Å²) in [5.74, 6) is -1.35. The van der Waals surface area contributed by atoms with Crippen LogP contribution in [0.15, 0.2) is 42.5 Å². The maximum atomic E-state index is 13.9. The zero-order valence-electron chi connectivity index (χ0n) is 13.9. The lowest BCUT2D eigenvalue weighted by atomic mass is 10.1. The summed E-state index contributed by atoms with van der Waals surface area (Å²) in [5.41, 5.74) is 0.173. The fourth-order valence-electron chi connectivity index (χ4n) is 2.58. The summed E-state index contributed by atoms with van der Waals surface area (Å²) in [7, 11) is 1.54. The molecule has 3 rings (SSSR count). The Labute approximate surface area is 153 Å². The van der Waals surface area contributed by atoms with Gasteiger partial charge in [-0.1, -0.05) is 0 Å². The molecule has 8 heteroatoms. The molecule has 1 saturated heterocycles. The number of methoxy groups -OCH3 is 1. The molecule has 5 nitrogen and oxygen atoms in total. The van der Waals surface area contributed by atoms with Gasteiger partial charge < -0.3 is 15.0 Å². The van der Waals surface area contributed by atoms with Crippen LogP contribution in [-0.4, -0.2) is 41.5 Å². The number of nitrogens with zero attached hydrogens (tertiary/aromatic N) is 1. The largest absolute Gasteiger partial charge is 0.497 e. The Bertz CT molecular complexity index is 830. The zero-order valence-corrected chi connectivity index (χ0v) is 14.7. The van der Waals surface area contributed by atoms with Crippen LogP contribution >= 0.6 is 11.8 Å². The average molecular weight is 378 g/mol. The maximum absolute atomic E-state index is 13.9. The zero-order chi connectivity index (χ0) is 18.7. The standard InChI is InChI=1S/C18H16F2N2O3S/c1-25-13-5-3-12(4-6-13)21-17(23)16-9-26-10-22(16)18(24)14-8-11(19)2-7-15(14)20/h2-8,16H,9-10H2,1H3,(H,21,23). The Morgan fingerprint density at radius 1 is 1.19 bits per heavy atom. The molecule has 0 bridgehead atoms. The van der Waals surface area contributed by atoms with Gasteiger partial charge in [-0.3, -0.25) is 9.59 Å². The first-order valence-electron chi connectivity index (χ1n) is 7.78. The minimum atomic E-state index is -0.817. The number of anilines is 1. The van der Waals surface area contributed by atoms with Crippen molar-refractivity contribution in [2.45, 2.75) is 6.04 Å². The molecule has 1 aliphatic heterocycles. The number of hydrogen-bond acceptors (Lipinski definition) is 4. The summed E-state index contributed by atoms with van der Waals surface area (Å²) < 4.78 is 32.3. The summed E-state index contributed by atoms with van der Waals surface area (Å²) in [5, 5.41) is 2.73. The predicted octanol–water partition coefficient (Wildman–Crippen LogP) is 3.13. The van der Waals surface area contributed by atoms with E-state index in [0.29, 0.717) is 17.2 Å². The molecule has 0 radical (unpaired) electrons. The number of thioether (sulfide) groups is 1. The Morgan fingerprint density at radius 2 is 1.92 bits per heavy atom. The molecule has 0 saturated carbocycles. The minimum absolute atomic E-state index is 0.232. The molecule has 2 aromatic carbocycles. The lowest BCUT2D eigenvalue weighted by Crippen LogP contribution is -2.44. The van der Waals surface area contributed by atoms with E-state index in [1.54, 1.807) is 31.4 Å². The molecular formula is C18H16F2N2O3S. The van der Waals surface area contributed by atoms with Crippen LogP contribution in [0.4, 0.5) is 14.5 Å². The molecule has 0 spiro atoms. The van der Waals surface area contributed by atoms with Crippen molar-refractivity contribution in [3.05, 3.63) is 59.7 Å². The third-order valence-electron chi connectivity index (χ3n) is 3.96. The Hall–Kier alpha value is -2.61. The lowest BCUT2D eigenvalue weighted by molar-refractivity contribution is -0.119. The highest BCUT2D eigenvalue weighted by atomic mass is 32.2. The summed E-state index contributed by atoms with van der Waals surface area (Å²) >= 11 is 1.38. The molecule has 1 unspecified atom stereocenters. The van der Waals surface area contributed by atoms with Gasteiger partial charge >= 0.3 is 0 Å². The predicted molar refractivity (Wildman–Crippen MR) is 95.3 cm³/mol. The molecule has 1 atom stereocenters. The maximum Gasteiger partial charge on any atom is 0.258 e. The second kappa shape index (κ2) is 7.74. The number of hydrogen-bond donors (Lipinski definition) is 1. The molecule has 0 aliphatic carbocycles. The molecular weight excluding hydrogens is 362 g/mol. The van der Waals surface area contributed by atoms with E-state index in [0.717, 1.165) is 18.2 Å². The van der Waals surface area contributed by atoms with Gasteiger partial charge in [0.1, 0.15) is 23.4 Å². The Balaban J connectivity index is 1.75. The van der Waals surface area contributed by atoms with E-state index in [2.05, 4.69) is 5.32 Å². The van der Waals surface area contributed by atoms with Gasteiger partial charge in [0.25, 0.3) is 5.91 Å². The third kappa shape index (κ3) is 3.80. The topological polar surface area (TPSA) is 58.6 Å². The van der Waals surface area contributed by atoms with Gasteiger partial charge in [-0.15, -0.1) is 11.8 Å². The van der Waals surface area contributed by atoms with Crippen LogP contribution in [0.2, 0.25) is 0 Å². The van der Waals surface area contributed by atoms with Crippen LogP contribution in [0.1, 0.15) is 10.4 Å². The summed E-state index contributed by atoms with van der Waals surface area (Å²) in [4.78, 5) is 26.4. The molecule has 1 aliphatic rings. The van der Waals surface area contributed by atoms with E-state index >= 15 is 0 Å². The highest BCUT2D eigenvalue weighted by molar-refractivity contribution is 7.99. The quantitative estimate of drug-likeness (QED) is 0.888. The molecule has 26 heavy (non-hydrogen) atoms. The van der Waals surface area contributed by atoms with Crippen molar-refractivity contribution in [3.8, 4) is 5.75 Å².